The number of aromatic amines is 1. The van der Waals surface area contributed by atoms with E-state index in [-0.39, 0.29) is 6.54 Å². The standard InChI is InChI=1S/C12H16N4O2S/c1-9-3-4-11(10(2)7-9)19(17,18)15-6-5-12-13-8-14-16-12/h3-4,7-8,15H,5-6H2,1-2H3,(H,13,14,16). The lowest BCUT2D eigenvalue weighted by Gasteiger charge is -2.09. The zero-order chi connectivity index (χ0) is 13.9. The van der Waals surface area contributed by atoms with E-state index in [4.69, 9.17) is 0 Å². The highest BCUT2D eigenvalue weighted by molar-refractivity contribution is 7.89. The van der Waals surface area contributed by atoms with Crippen LogP contribution in [-0.4, -0.2) is 30.1 Å². The Morgan fingerprint density at radius 1 is 1.32 bits per heavy atom. The highest BCUT2D eigenvalue weighted by Gasteiger charge is 2.16. The summed E-state index contributed by atoms with van der Waals surface area (Å²) in [4.78, 5) is 4.25. The van der Waals surface area contributed by atoms with E-state index in [2.05, 4.69) is 19.9 Å². The van der Waals surface area contributed by atoms with Gasteiger partial charge in [-0.25, -0.2) is 18.1 Å². The first-order chi connectivity index (χ1) is 8.99. The van der Waals surface area contributed by atoms with Crippen molar-refractivity contribution in [3.8, 4) is 0 Å². The van der Waals surface area contributed by atoms with Gasteiger partial charge in [-0.15, -0.1) is 0 Å². The largest absolute Gasteiger partial charge is 0.263 e. The number of aromatic nitrogens is 3. The summed E-state index contributed by atoms with van der Waals surface area (Å²) in [6, 6.07) is 5.27. The molecule has 0 amide bonds. The van der Waals surface area contributed by atoms with Gasteiger partial charge in [-0.2, -0.15) is 5.10 Å². The third kappa shape index (κ3) is 3.39. The Balaban J connectivity index is 2.05. The van der Waals surface area contributed by atoms with Crippen LogP contribution in [0.25, 0.3) is 0 Å². The summed E-state index contributed by atoms with van der Waals surface area (Å²) in [5, 5.41) is 6.39. The van der Waals surface area contributed by atoms with E-state index < -0.39 is 10.0 Å². The van der Waals surface area contributed by atoms with Crippen LogP contribution in [0.1, 0.15) is 17.0 Å². The smallest absolute Gasteiger partial charge is 0.240 e. The molecular weight excluding hydrogens is 264 g/mol. The average Bonchev–Trinajstić information content (AvgIpc) is 2.81. The van der Waals surface area contributed by atoms with Crippen molar-refractivity contribution in [1.82, 2.24) is 19.9 Å². The first-order valence-electron chi connectivity index (χ1n) is 5.90. The number of rotatable bonds is 5. The summed E-state index contributed by atoms with van der Waals surface area (Å²) in [6.07, 6.45) is 1.87. The van der Waals surface area contributed by atoms with Crippen molar-refractivity contribution in [3.63, 3.8) is 0 Å². The Morgan fingerprint density at radius 2 is 2.11 bits per heavy atom. The minimum absolute atomic E-state index is 0.283. The molecule has 0 aliphatic carbocycles. The summed E-state index contributed by atoms with van der Waals surface area (Å²) in [6.45, 7) is 4.00. The molecule has 0 atom stereocenters. The van der Waals surface area contributed by atoms with Crippen LogP contribution in [0.4, 0.5) is 0 Å². The molecule has 1 aromatic carbocycles. The maximum Gasteiger partial charge on any atom is 0.240 e. The number of sulfonamides is 1. The molecule has 2 aromatic rings. The van der Waals surface area contributed by atoms with Gasteiger partial charge in [-0.1, -0.05) is 17.7 Å². The number of benzene rings is 1. The molecule has 0 bridgehead atoms. The van der Waals surface area contributed by atoms with Crippen molar-refractivity contribution < 1.29 is 8.42 Å². The minimum atomic E-state index is -3.47. The van der Waals surface area contributed by atoms with Crippen LogP contribution in [0.2, 0.25) is 0 Å². The first-order valence-corrected chi connectivity index (χ1v) is 7.38. The van der Waals surface area contributed by atoms with E-state index in [9.17, 15) is 8.42 Å². The number of hydrogen-bond donors (Lipinski definition) is 2. The summed E-state index contributed by atoms with van der Waals surface area (Å²) in [5.74, 6) is 0.656. The molecule has 1 aromatic heterocycles. The van der Waals surface area contributed by atoms with Gasteiger partial charge in [-0.05, 0) is 25.5 Å². The van der Waals surface area contributed by atoms with E-state index in [0.29, 0.717) is 17.1 Å². The van der Waals surface area contributed by atoms with Gasteiger partial charge in [0.05, 0.1) is 4.90 Å². The van der Waals surface area contributed by atoms with Crippen LogP contribution >= 0.6 is 0 Å². The molecule has 0 spiro atoms. The van der Waals surface area contributed by atoms with Crippen LogP contribution in [0, 0.1) is 13.8 Å². The van der Waals surface area contributed by atoms with E-state index >= 15 is 0 Å². The monoisotopic (exact) mass is 280 g/mol. The van der Waals surface area contributed by atoms with Gasteiger partial charge >= 0.3 is 0 Å². The molecule has 0 aliphatic heterocycles. The Kier molecular flexibility index (Phi) is 3.96. The highest BCUT2D eigenvalue weighted by Crippen LogP contribution is 2.15. The Morgan fingerprint density at radius 3 is 2.74 bits per heavy atom. The van der Waals surface area contributed by atoms with Crippen molar-refractivity contribution in [2.75, 3.05) is 6.54 Å². The quantitative estimate of drug-likeness (QED) is 0.853. The Labute approximate surface area is 112 Å². The highest BCUT2D eigenvalue weighted by atomic mass is 32.2. The molecule has 19 heavy (non-hydrogen) atoms. The Bertz CT molecular complexity index is 650. The number of nitrogens with one attached hydrogen (secondary N) is 2. The molecule has 102 valence electrons. The van der Waals surface area contributed by atoms with Crippen molar-refractivity contribution >= 4 is 10.0 Å². The third-order valence-electron chi connectivity index (χ3n) is 2.74. The number of nitrogens with zero attached hydrogens (tertiary/aromatic N) is 2. The molecule has 1 heterocycles. The van der Waals surface area contributed by atoms with Crippen molar-refractivity contribution in [2.24, 2.45) is 0 Å². The molecule has 0 unspecified atom stereocenters. The van der Waals surface area contributed by atoms with Crippen molar-refractivity contribution in [2.45, 2.75) is 25.2 Å². The van der Waals surface area contributed by atoms with E-state index in [1.54, 1.807) is 19.1 Å². The van der Waals surface area contributed by atoms with Crippen LogP contribution in [0.5, 0.6) is 0 Å². The van der Waals surface area contributed by atoms with Gasteiger partial charge in [0.1, 0.15) is 12.2 Å². The molecule has 6 nitrogen and oxygen atoms in total. The van der Waals surface area contributed by atoms with Crippen molar-refractivity contribution in [1.29, 1.82) is 0 Å². The second-order valence-electron chi connectivity index (χ2n) is 4.35. The number of aryl methyl sites for hydroxylation is 2. The normalized spacial score (nSPS) is 11.7. The van der Waals surface area contributed by atoms with Gasteiger partial charge in [-0.3, -0.25) is 5.10 Å². The van der Waals surface area contributed by atoms with E-state index in [0.717, 1.165) is 11.1 Å². The summed E-state index contributed by atoms with van der Waals surface area (Å²) in [7, 11) is -3.47. The summed E-state index contributed by atoms with van der Waals surface area (Å²) >= 11 is 0. The lowest BCUT2D eigenvalue weighted by molar-refractivity contribution is 0.580. The molecular formula is C12H16N4O2S. The fourth-order valence-corrected chi connectivity index (χ4v) is 3.09. The zero-order valence-corrected chi connectivity index (χ0v) is 11.7. The van der Waals surface area contributed by atoms with Gasteiger partial charge < -0.3 is 0 Å². The Hall–Kier alpha value is -1.73. The predicted molar refractivity (Wildman–Crippen MR) is 71.2 cm³/mol. The zero-order valence-electron chi connectivity index (χ0n) is 10.8. The molecule has 2 rings (SSSR count). The fourth-order valence-electron chi connectivity index (χ4n) is 1.83. The molecule has 7 heteroatoms. The van der Waals surface area contributed by atoms with Gasteiger partial charge in [0.25, 0.3) is 0 Å². The maximum absolute atomic E-state index is 12.1. The minimum Gasteiger partial charge on any atom is -0.263 e. The summed E-state index contributed by atoms with van der Waals surface area (Å²) < 4.78 is 26.8. The van der Waals surface area contributed by atoms with Gasteiger partial charge in [0, 0.05) is 13.0 Å². The summed E-state index contributed by atoms with van der Waals surface area (Å²) in [5.41, 5.74) is 1.78. The van der Waals surface area contributed by atoms with Crippen LogP contribution in [-0.2, 0) is 16.4 Å². The van der Waals surface area contributed by atoms with Crippen LogP contribution in [0.3, 0.4) is 0 Å². The fraction of sp³-hybridized carbons (Fsp3) is 0.333. The number of H-pyrrole nitrogens is 1. The SMILES string of the molecule is Cc1ccc(S(=O)(=O)NCCc2ncn[nH]2)c(C)c1. The lowest BCUT2D eigenvalue weighted by Crippen LogP contribution is -2.26. The first kappa shape index (κ1) is 13.7. The third-order valence-corrected chi connectivity index (χ3v) is 4.36. The van der Waals surface area contributed by atoms with Gasteiger partial charge in [0.2, 0.25) is 10.0 Å². The molecule has 0 saturated carbocycles. The lowest BCUT2D eigenvalue weighted by atomic mass is 10.2. The molecule has 0 aliphatic rings. The second kappa shape index (κ2) is 5.50. The van der Waals surface area contributed by atoms with E-state index in [1.165, 1.54) is 6.33 Å². The molecule has 0 radical (unpaired) electrons. The predicted octanol–water partition coefficient (Wildman–Crippen LogP) is 0.943. The second-order valence-corrected chi connectivity index (χ2v) is 6.08. The van der Waals surface area contributed by atoms with Crippen LogP contribution < -0.4 is 4.72 Å². The maximum atomic E-state index is 12.1. The van der Waals surface area contributed by atoms with E-state index in [1.807, 2.05) is 13.0 Å². The molecule has 0 fully saturated rings. The topological polar surface area (TPSA) is 87.7 Å². The van der Waals surface area contributed by atoms with Gasteiger partial charge in [0.15, 0.2) is 0 Å². The average molecular weight is 280 g/mol. The van der Waals surface area contributed by atoms with Crippen LogP contribution in [0.15, 0.2) is 29.4 Å². The molecule has 2 N–H and O–H groups in total. The number of hydrogen-bond acceptors (Lipinski definition) is 4. The van der Waals surface area contributed by atoms with Crippen molar-refractivity contribution in [3.05, 3.63) is 41.5 Å². The molecule has 0 saturated heterocycles.